The van der Waals surface area contributed by atoms with E-state index in [-0.39, 0.29) is 30.1 Å². The van der Waals surface area contributed by atoms with Crippen molar-refractivity contribution in [2.24, 2.45) is 0 Å². The summed E-state index contributed by atoms with van der Waals surface area (Å²) in [5.74, 6) is -0.719. The number of fused-ring (bicyclic) bond motifs is 2. The Morgan fingerprint density at radius 1 is 0.949 bits per heavy atom. The highest BCUT2D eigenvalue weighted by molar-refractivity contribution is 6.08. The number of nitrogens with one attached hydrogen (secondary N) is 1. The lowest BCUT2D eigenvalue weighted by Gasteiger charge is -2.20. The molecular formula is C30H29NO8. The quantitative estimate of drug-likeness (QED) is 0.248. The molecule has 2 aliphatic rings. The summed E-state index contributed by atoms with van der Waals surface area (Å²) in [7, 11) is 0. The second-order valence-electron chi connectivity index (χ2n) is 9.83. The number of rotatable bonds is 7. The van der Waals surface area contributed by atoms with Crippen LogP contribution in [0.4, 0.5) is 5.69 Å². The number of esters is 2. The number of anilines is 1. The van der Waals surface area contributed by atoms with Crippen molar-refractivity contribution in [2.75, 3.05) is 18.5 Å². The Kier molecular flexibility index (Phi) is 7.71. The summed E-state index contributed by atoms with van der Waals surface area (Å²) in [6.45, 7) is 8.24. The van der Waals surface area contributed by atoms with Crippen molar-refractivity contribution in [1.82, 2.24) is 0 Å². The number of carbonyl (C=O) groups is 3. The minimum Gasteiger partial charge on any atom is -0.482 e. The molecule has 0 spiro atoms. The standard InChI is InChI=1S/C30H29NO8/c1-6-36-29(35)24-13-18(31-17(2)32)7-10-21(24)28-22-11-8-19(33)14-25(22)38-26-15-20(9-12-23(26)28)37-16-27(34)39-30(3,4)5/h7-15H,6,16H2,1-5H3,(H,31,32). The van der Waals surface area contributed by atoms with Gasteiger partial charge in [-0.05, 0) is 69.7 Å². The normalized spacial score (nSPS) is 11.3. The van der Waals surface area contributed by atoms with E-state index in [1.165, 1.54) is 19.1 Å². The van der Waals surface area contributed by atoms with Crippen LogP contribution in [-0.2, 0) is 19.1 Å². The van der Waals surface area contributed by atoms with Crippen molar-refractivity contribution in [3.63, 3.8) is 0 Å². The van der Waals surface area contributed by atoms with Gasteiger partial charge in [-0.3, -0.25) is 9.59 Å². The summed E-state index contributed by atoms with van der Waals surface area (Å²) in [5.41, 5.74) is 1.89. The van der Waals surface area contributed by atoms with Gasteiger partial charge in [-0.2, -0.15) is 0 Å². The number of ether oxygens (including phenoxy) is 3. The van der Waals surface area contributed by atoms with Gasteiger partial charge in [0.25, 0.3) is 0 Å². The topological polar surface area (TPSA) is 121 Å². The molecule has 9 heteroatoms. The van der Waals surface area contributed by atoms with E-state index in [2.05, 4.69) is 5.32 Å². The van der Waals surface area contributed by atoms with Gasteiger partial charge in [0.2, 0.25) is 5.91 Å². The molecule has 0 saturated heterocycles. The van der Waals surface area contributed by atoms with E-state index in [0.717, 1.165) is 0 Å². The number of hydrogen-bond donors (Lipinski definition) is 1. The lowest BCUT2D eigenvalue weighted by atomic mass is 9.90. The van der Waals surface area contributed by atoms with Crippen LogP contribution in [0.2, 0.25) is 0 Å². The summed E-state index contributed by atoms with van der Waals surface area (Å²) >= 11 is 0. The molecule has 2 aromatic rings. The van der Waals surface area contributed by atoms with Crippen molar-refractivity contribution in [2.45, 2.75) is 40.2 Å². The lowest BCUT2D eigenvalue weighted by Crippen LogP contribution is -2.27. The second-order valence-corrected chi connectivity index (χ2v) is 9.83. The van der Waals surface area contributed by atoms with Gasteiger partial charge < -0.3 is 23.9 Å². The minimum absolute atomic E-state index is 0.159. The average Bonchev–Trinajstić information content (AvgIpc) is 2.84. The Balaban J connectivity index is 1.88. The van der Waals surface area contributed by atoms with Gasteiger partial charge in [0.15, 0.2) is 12.0 Å². The molecule has 1 aliphatic carbocycles. The Morgan fingerprint density at radius 3 is 2.38 bits per heavy atom. The smallest absolute Gasteiger partial charge is 0.344 e. The van der Waals surface area contributed by atoms with Crippen LogP contribution >= 0.6 is 0 Å². The van der Waals surface area contributed by atoms with Gasteiger partial charge in [-0.25, -0.2) is 9.59 Å². The first-order valence-electron chi connectivity index (χ1n) is 12.4. The van der Waals surface area contributed by atoms with Crippen molar-refractivity contribution < 1.29 is 33.0 Å². The first-order valence-corrected chi connectivity index (χ1v) is 12.4. The van der Waals surface area contributed by atoms with E-state index in [1.54, 1.807) is 70.2 Å². The molecule has 0 bridgehead atoms. The molecule has 0 atom stereocenters. The number of amides is 1. The Bertz CT molecular complexity index is 1600. The highest BCUT2D eigenvalue weighted by Gasteiger charge is 2.24. The molecule has 1 aliphatic heterocycles. The Labute approximate surface area is 225 Å². The third-order valence-electron chi connectivity index (χ3n) is 5.55. The van der Waals surface area contributed by atoms with E-state index >= 15 is 0 Å². The predicted octanol–water partition coefficient (Wildman–Crippen LogP) is 5.42. The fourth-order valence-corrected chi connectivity index (χ4v) is 4.17. The first-order chi connectivity index (χ1) is 18.4. The summed E-state index contributed by atoms with van der Waals surface area (Å²) in [6.07, 6.45) is 0. The van der Waals surface area contributed by atoms with Gasteiger partial charge >= 0.3 is 11.9 Å². The third kappa shape index (κ3) is 6.43. The third-order valence-corrected chi connectivity index (χ3v) is 5.55. The Morgan fingerprint density at radius 2 is 1.69 bits per heavy atom. The summed E-state index contributed by atoms with van der Waals surface area (Å²) in [5, 5.41) is 3.31. The fraction of sp³-hybridized carbons (Fsp3) is 0.267. The molecule has 0 saturated carbocycles. The zero-order valence-electron chi connectivity index (χ0n) is 22.4. The van der Waals surface area contributed by atoms with Crippen LogP contribution in [0.3, 0.4) is 0 Å². The molecule has 0 aromatic heterocycles. The van der Waals surface area contributed by atoms with Gasteiger partial charge in [0.1, 0.15) is 22.7 Å². The maximum absolute atomic E-state index is 13.0. The Hall–Kier alpha value is -4.66. The van der Waals surface area contributed by atoms with Gasteiger partial charge in [-0.15, -0.1) is 0 Å². The average molecular weight is 532 g/mol. The van der Waals surface area contributed by atoms with Crippen LogP contribution in [0.5, 0.6) is 5.75 Å². The molecular weight excluding hydrogens is 502 g/mol. The van der Waals surface area contributed by atoms with Crippen LogP contribution < -0.4 is 15.5 Å². The largest absolute Gasteiger partial charge is 0.482 e. The van der Waals surface area contributed by atoms with Crippen LogP contribution in [0.15, 0.2) is 63.8 Å². The first kappa shape index (κ1) is 27.4. The molecule has 0 unspecified atom stereocenters. The van der Waals surface area contributed by atoms with Crippen LogP contribution in [-0.4, -0.2) is 36.7 Å². The van der Waals surface area contributed by atoms with Crippen molar-refractivity contribution in [3.05, 3.63) is 70.4 Å². The zero-order valence-corrected chi connectivity index (χ0v) is 22.4. The van der Waals surface area contributed by atoms with Crippen molar-refractivity contribution >= 4 is 34.5 Å². The summed E-state index contributed by atoms with van der Waals surface area (Å²) in [6, 6.07) is 14.4. The molecule has 202 valence electrons. The molecule has 1 heterocycles. The maximum atomic E-state index is 13.0. The number of hydrogen-bond acceptors (Lipinski definition) is 8. The van der Waals surface area contributed by atoms with Crippen LogP contribution in [0.25, 0.3) is 33.4 Å². The number of benzene rings is 3. The van der Waals surface area contributed by atoms with Crippen LogP contribution in [0, 0.1) is 0 Å². The van der Waals surface area contributed by atoms with Crippen molar-refractivity contribution in [1.29, 1.82) is 0 Å². The van der Waals surface area contributed by atoms with E-state index in [1.807, 2.05) is 0 Å². The molecule has 9 nitrogen and oxygen atoms in total. The molecule has 4 rings (SSSR count). The van der Waals surface area contributed by atoms with Gasteiger partial charge in [0, 0.05) is 41.3 Å². The van der Waals surface area contributed by atoms with Crippen molar-refractivity contribution in [3.8, 4) is 28.2 Å². The zero-order chi connectivity index (χ0) is 28.3. The van der Waals surface area contributed by atoms with E-state index < -0.39 is 17.5 Å². The summed E-state index contributed by atoms with van der Waals surface area (Å²) in [4.78, 5) is 49.0. The molecule has 1 amide bonds. The highest BCUT2D eigenvalue weighted by atomic mass is 16.6. The monoisotopic (exact) mass is 531 g/mol. The molecule has 0 radical (unpaired) electrons. The second kappa shape index (κ2) is 11.0. The summed E-state index contributed by atoms with van der Waals surface area (Å²) < 4.78 is 22.3. The minimum atomic E-state index is -0.644. The maximum Gasteiger partial charge on any atom is 0.344 e. The molecule has 2 aromatic carbocycles. The van der Waals surface area contributed by atoms with Gasteiger partial charge in [0.05, 0.1) is 12.2 Å². The lowest BCUT2D eigenvalue weighted by molar-refractivity contribution is -0.157. The molecule has 1 N–H and O–H groups in total. The fourth-order valence-electron chi connectivity index (χ4n) is 4.17. The van der Waals surface area contributed by atoms with E-state index in [0.29, 0.717) is 44.9 Å². The predicted molar refractivity (Wildman–Crippen MR) is 146 cm³/mol. The molecule has 0 fully saturated rings. The van der Waals surface area contributed by atoms with Gasteiger partial charge in [-0.1, -0.05) is 6.07 Å². The molecule has 39 heavy (non-hydrogen) atoms. The van der Waals surface area contributed by atoms with E-state index in [9.17, 15) is 19.2 Å². The highest BCUT2D eigenvalue weighted by Crippen LogP contribution is 2.42. The van der Waals surface area contributed by atoms with Crippen LogP contribution in [0.1, 0.15) is 45.0 Å². The SMILES string of the molecule is CCOC(=O)c1cc(NC(C)=O)ccc1-c1c2ccc(=O)cc-2oc2cc(OCC(=O)OC(C)(C)C)ccc12. The van der Waals surface area contributed by atoms with E-state index in [4.69, 9.17) is 18.6 Å². The number of carbonyl (C=O) groups excluding carboxylic acids is 3.